The van der Waals surface area contributed by atoms with Gasteiger partial charge in [-0.25, -0.2) is 0 Å². The molecule has 0 aromatic heterocycles. The second-order valence-electron chi connectivity index (χ2n) is 6.15. The Bertz CT molecular complexity index is 380. The van der Waals surface area contributed by atoms with Crippen LogP contribution in [-0.4, -0.2) is 13.1 Å². The lowest BCUT2D eigenvalue weighted by atomic mass is 9.91. The van der Waals surface area contributed by atoms with Crippen LogP contribution in [0.3, 0.4) is 0 Å². The average Bonchev–Trinajstić information content (AvgIpc) is 2.43. The highest BCUT2D eigenvalue weighted by molar-refractivity contribution is 5.43. The second kappa shape index (κ2) is 9.18. The predicted molar refractivity (Wildman–Crippen MR) is 90.7 cm³/mol. The van der Waals surface area contributed by atoms with E-state index in [4.69, 9.17) is 0 Å². The lowest BCUT2D eigenvalue weighted by Gasteiger charge is -2.15. The number of hydrogen-bond donors (Lipinski definition) is 1. The molecule has 0 atom stereocenters. The largest absolute Gasteiger partial charge is 0.317 e. The monoisotopic (exact) mass is 275 g/mol. The third-order valence-corrected chi connectivity index (χ3v) is 4.48. The Labute approximate surface area is 126 Å². The maximum absolute atomic E-state index is 3.48. The van der Waals surface area contributed by atoms with Crippen LogP contribution < -0.4 is 5.32 Å². The van der Waals surface area contributed by atoms with Crippen molar-refractivity contribution in [1.82, 2.24) is 5.32 Å². The first-order valence-electron chi connectivity index (χ1n) is 8.35. The Kier molecular flexibility index (Phi) is 7.91. The highest BCUT2D eigenvalue weighted by Crippen LogP contribution is 2.23. The highest BCUT2D eigenvalue weighted by atomic mass is 14.8. The minimum Gasteiger partial charge on any atom is -0.317 e. The summed E-state index contributed by atoms with van der Waals surface area (Å²) in [7, 11) is 0. The Hall–Kier alpha value is -0.820. The zero-order valence-electron chi connectivity index (χ0n) is 14.2. The van der Waals surface area contributed by atoms with E-state index in [-0.39, 0.29) is 0 Å². The maximum Gasteiger partial charge on any atom is -0.00489 e. The summed E-state index contributed by atoms with van der Waals surface area (Å²) in [5.74, 6) is 0. The van der Waals surface area contributed by atoms with Gasteiger partial charge in [0.2, 0.25) is 0 Å². The standard InChI is InChI=1S/C19H33N/c1-6-12-20-13-10-8-7-9-11-19-17(4)15(2)14-16(3)18(19)5/h14,20H,6-13H2,1-5H3. The van der Waals surface area contributed by atoms with Gasteiger partial charge >= 0.3 is 0 Å². The predicted octanol–water partition coefficient (Wildman–Crippen LogP) is 5.02. The van der Waals surface area contributed by atoms with Crippen LogP contribution in [-0.2, 0) is 6.42 Å². The molecule has 1 aromatic carbocycles. The minimum absolute atomic E-state index is 1.17. The fourth-order valence-electron chi connectivity index (χ4n) is 2.88. The third-order valence-electron chi connectivity index (χ3n) is 4.48. The van der Waals surface area contributed by atoms with E-state index >= 15 is 0 Å². The first kappa shape index (κ1) is 17.2. The fourth-order valence-corrected chi connectivity index (χ4v) is 2.88. The third kappa shape index (κ3) is 5.28. The van der Waals surface area contributed by atoms with Gasteiger partial charge < -0.3 is 5.32 Å². The normalized spacial score (nSPS) is 11.1. The summed E-state index contributed by atoms with van der Waals surface area (Å²) in [6.45, 7) is 13.6. The molecule has 0 bridgehead atoms. The molecule has 1 aromatic rings. The van der Waals surface area contributed by atoms with Gasteiger partial charge in [-0.2, -0.15) is 0 Å². The summed E-state index contributed by atoms with van der Waals surface area (Å²) >= 11 is 0. The van der Waals surface area contributed by atoms with Crippen LogP contribution in [0.5, 0.6) is 0 Å². The Morgan fingerprint density at radius 3 is 2.00 bits per heavy atom. The zero-order chi connectivity index (χ0) is 15.0. The van der Waals surface area contributed by atoms with E-state index < -0.39 is 0 Å². The van der Waals surface area contributed by atoms with Gasteiger partial charge in [0.05, 0.1) is 0 Å². The summed E-state index contributed by atoms with van der Waals surface area (Å²) < 4.78 is 0. The summed E-state index contributed by atoms with van der Waals surface area (Å²) in [6, 6.07) is 2.33. The fraction of sp³-hybridized carbons (Fsp3) is 0.684. The van der Waals surface area contributed by atoms with Crippen molar-refractivity contribution in [3.05, 3.63) is 33.9 Å². The van der Waals surface area contributed by atoms with Crippen molar-refractivity contribution in [2.24, 2.45) is 0 Å². The molecule has 0 amide bonds. The van der Waals surface area contributed by atoms with Crippen LogP contribution in [0.2, 0.25) is 0 Å². The summed E-state index contributed by atoms with van der Waals surface area (Å²) in [5, 5.41) is 3.48. The van der Waals surface area contributed by atoms with Crippen LogP contribution in [0.25, 0.3) is 0 Å². The first-order valence-corrected chi connectivity index (χ1v) is 8.35. The van der Waals surface area contributed by atoms with Gasteiger partial charge in [0.15, 0.2) is 0 Å². The second-order valence-corrected chi connectivity index (χ2v) is 6.15. The molecule has 1 N–H and O–H groups in total. The van der Waals surface area contributed by atoms with E-state index in [1.54, 1.807) is 5.56 Å². The number of rotatable bonds is 9. The van der Waals surface area contributed by atoms with Gasteiger partial charge in [-0.15, -0.1) is 0 Å². The number of nitrogens with one attached hydrogen (secondary N) is 1. The minimum atomic E-state index is 1.17. The van der Waals surface area contributed by atoms with E-state index in [2.05, 4.69) is 46.0 Å². The van der Waals surface area contributed by atoms with E-state index in [1.807, 2.05) is 0 Å². The van der Waals surface area contributed by atoms with Crippen LogP contribution >= 0.6 is 0 Å². The van der Waals surface area contributed by atoms with Crippen LogP contribution in [0.4, 0.5) is 0 Å². The van der Waals surface area contributed by atoms with Gasteiger partial charge in [-0.05, 0) is 94.3 Å². The molecule has 114 valence electrons. The van der Waals surface area contributed by atoms with Crippen LogP contribution in [0.15, 0.2) is 6.07 Å². The molecule has 1 nitrogen and oxygen atoms in total. The molecule has 20 heavy (non-hydrogen) atoms. The zero-order valence-corrected chi connectivity index (χ0v) is 14.2. The number of aryl methyl sites for hydroxylation is 2. The molecule has 0 aliphatic carbocycles. The lowest BCUT2D eigenvalue weighted by Crippen LogP contribution is -2.15. The molecule has 0 radical (unpaired) electrons. The molecule has 0 spiro atoms. The topological polar surface area (TPSA) is 12.0 Å². The van der Waals surface area contributed by atoms with Gasteiger partial charge in [0, 0.05) is 0 Å². The van der Waals surface area contributed by atoms with Crippen molar-refractivity contribution in [3.63, 3.8) is 0 Å². The molecule has 0 aliphatic rings. The molecule has 0 saturated carbocycles. The van der Waals surface area contributed by atoms with E-state index in [0.717, 1.165) is 0 Å². The number of hydrogen-bond acceptors (Lipinski definition) is 1. The van der Waals surface area contributed by atoms with Crippen molar-refractivity contribution < 1.29 is 0 Å². The summed E-state index contributed by atoms with van der Waals surface area (Å²) in [4.78, 5) is 0. The number of unbranched alkanes of at least 4 members (excludes halogenated alkanes) is 3. The molecule has 0 fully saturated rings. The van der Waals surface area contributed by atoms with Crippen LogP contribution in [0.1, 0.15) is 66.8 Å². The van der Waals surface area contributed by atoms with E-state index in [1.165, 1.54) is 73.9 Å². The molecule has 0 aliphatic heterocycles. The highest BCUT2D eigenvalue weighted by Gasteiger charge is 2.07. The Morgan fingerprint density at radius 2 is 1.40 bits per heavy atom. The summed E-state index contributed by atoms with van der Waals surface area (Å²) in [6.07, 6.45) is 7.87. The van der Waals surface area contributed by atoms with Gasteiger partial charge in [-0.3, -0.25) is 0 Å². The molecular formula is C19H33N. The molecule has 0 unspecified atom stereocenters. The smallest absolute Gasteiger partial charge is 0.00489 e. The molecule has 1 rings (SSSR count). The van der Waals surface area contributed by atoms with E-state index in [0.29, 0.717) is 0 Å². The van der Waals surface area contributed by atoms with E-state index in [9.17, 15) is 0 Å². The molecule has 0 saturated heterocycles. The lowest BCUT2D eigenvalue weighted by molar-refractivity contribution is 0.584. The van der Waals surface area contributed by atoms with Gasteiger partial charge in [-0.1, -0.05) is 25.8 Å². The van der Waals surface area contributed by atoms with Gasteiger partial charge in [0.25, 0.3) is 0 Å². The van der Waals surface area contributed by atoms with Crippen molar-refractivity contribution in [3.8, 4) is 0 Å². The average molecular weight is 275 g/mol. The Morgan fingerprint density at radius 1 is 0.800 bits per heavy atom. The van der Waals surface area contributed by atoms with Crippen molar-refractivity contribution in [1.29, 1.82) is 0 Å². The van der Waals surface area contributed by atoms with Crippen molar-refractivity contribution >= 4 is 0 Å². The van der Waals surface area contributed by atoms with Gasteiger partial charge in [0.1, 0.15) is 0 Å². The SMILES string of the molecule is CCCNCCCCCCc1c(C)c(C)cc(C)c1C. The maximum atomic E-state index is 3.48. The summed E-state index contributed by atoms with van der Waals surface area (Å²) in [5.41, 5.74) is 7.53. The Balaban J connectivity index is 2.32. The number of benzene rings is 1. The first-order chi connectivity index (χ1) is 9.57. The molecule has 0 heterocycles. The van der Waals surface area contributed by atoms with Crippen molar-refractivity contribution in [2.45, 2.75) is 73.1 Å². The molecule has 1 heteroatoms. The molecular weight excluding hydrogens is 242 g/mol. The quantitative estimate of drug-likeness (QED) is 0.624. The van der Waals surface area contributed by atoms with Crippen molar-refractivity contribution in [2.75, 3.05) is 13.1 Å². The van der Waals surface area contributed by atoms with Crippen LogP contribution in [0, 0.1) is 27.7 Å².